The highest BCUT2D eigenvalue weighted by atomic mass is 15.1. The van der Waals surface area contributed by atoms with Gasteiger partial charge in [-0.25, -0.2) is 0 Å². The van der Waals surface area contributed by atoms with Crippen molar-refractivity contribution in [1.29, 1.82) is 0 Å². The van der Waals surface area contributed by atoms with Crippen LogP contribution in [0.4, 0.5) is 0 Å². The maximum Gasteiger partial charge on any atom is 0.0575 e. The molecular weight excluding hydrogens is 148 g/mol. The SMILES string of the molecule is CCNC(CC(C)C)NC(C)C. The van der Waals surface area contributed by atoms with Crippen molar-refractivity contribution in [2.75, 3.05) is 6.54 Å². The molecule has 2 nitrogen and oxygen atoms in total. The molecule has 1 unspecified atom stereocenters. The second-order valence-electron chi connectivity index (χ2n) is 4.06. The summed E-state index contributed by atoms with van der Waals surface area (Å²) in [4.78, 5) is 0. The van der Waals surface area contributed by atoms with E-state index in [2.05, 4.69) is 45.3 Å². The summed E-state index contributed by atoms with van der Waals surface area (Å²) < 4.78 is 0. The fraction of sp³-hybridized carbons (Fsp3) is 1.00. The molecule has 0 aliphatic heterocycles. The Hall–Kier alpha value is -0.0800. The van der Waals surface area contributed by atoms with Crippen molar-refractivity contribution in [2.45, 2.75) is 53.2 Å². The Morgan fingerprint density at radius 2 is 1.67 bits per heavy atom. The summed E-state index contributed by atoms with van der Waals surface area (Å²) in [5, 5.41) is 6.94. The third-order valence-electron chi connectivity index (χ3n) is 1.69. The molecule has 74 valence electrons. The van der Waals surface area contributed by atoms with Crippen molar-refractivity contribution in [3.8, 4) is 0 Å². The second-order valence-corrected chi connectivity index (χ2v) is 4.06. The normalized spacial score (nSPS) is 14.2. The fourth-order valence-corrected chi connectivity index (χ4v) is 1.33. The van der Waals surface area contributed by atoms with Crippen molar-refractivity contribution >= 4 is 0 Å². The molecule has 2 N–H and O–H groups in total. The lowest BCUT2D eigenvalue weighted by atomic mass is 10.1. The van der Waals surface area contributed by atoms with Crippen molar-refractivity contribution in [2.24, 2.45) is 5.92 Å². The Morgan fingerprint density at radius 3 is 2.00 bits per heavy atom. The van der Waals surface area contributed by atoms with Gasteiger partial charge in [-0.3, -0.25) is 5.32 Å². The molecule has 0 fully saturated rings. The Morgan fingerprint density at radius 1 is 1.08 bits per heavy atom. The van der Waals surface area contributed by atoms with Crippen molar-refractivity contribution in [3.63, 3.8) is 0 Å². The first kappa shape index (κ1) is 11.9. The Labute approximate surface area is 77.1 Å². The summed E-state index contributed by atoms with van der Waals surface area (Å²) in [5.41, 5.74) is 0. The highest BCUT2D eigenvalue weighted by Gasteiger charge is 2.09. The lowest BCUT2D eigenvalue weighted by Crippen LogP contribution is -2.46. The van der Waals surface area contributed by atoms with E-state index in [1.807, 2.05) is 0 Å². The summed E-state index contributed by atoms with van der Waals surface area (Å²) in [6.45, 7) is 12.1. The second kappa shape index (κ2) is 6.44. The van der Waals surface area contributed by atoms with Crippen LogP contribution in [0.25, 0.3) is 0 Å². The minimum Gasteiger partial charge on any atom is -0.302 e. The molecule has 0 aliphatic carbocycles. The maximum atomic E-state index is 3.50. The number of hydrogen-bond donors (Lipinski definition) is 2. The minimum atomic E-state index is 0.481. The van der Waals surface area contributed by atoms with Crippen molar-refractivity contribution < 1.29 is 0 Å². The van der Waals surface area contributed by atoms with Gasteiger partial charge >= 0.3 is 0 Å². The van der Waals surface area contributed by atoms with Crippen LogP contribution in [0.1, 0.15) is 41.0 Å². The lowest BCUT2D eigenvalue weighted by molar-refractivity contribution is 0.341. The molecule has 0 aromatic rings. The van der Waals surface area contributed by atoms with E-state index in [1.54, 1.807) is 0 Å². The third kappa shape index (κ3) is 6.62. The van der Waals surface area contributed by atoms with Gasteiger partial charge in [0.1, 0.15) is 0 Å². The molecule has 1 atom stereocenters. The first-order chi connectivity index (χ1) is 5.56. The van der Waals surface area contributed by atoms with E-state index >= 15 is 0 Å². The molecule has 12 heavy (non-hydrogen) atoms. The van der Waals surface area contributed by atoms with Crippen LogP contribution in [0.5, 0.6) is 0 Å². The molecule has 0 heterocycles. The molecule has 2 heteroatoms. The van der Waals surface area contributed by atoms with Gasteiger partial charge in [-0.15, -0.1) is 0 Å². The van der Waals surface area contributed by atoms with Crippen LogP contribution in [0, 0.1) is 5.92 Å². The van der Waals surface area contributed by atoms with Crippen molar-refractivity contribution in [3.05, 3.63) is 0 Å². The van der Waals surface area contributed by atoms with Gasteiger partial charge in [0, 0.05) is 6.04 Å². The number of hydrogen-bond acceptors (Lipinski definition) is 2. The first-order valence-electron chi connectivity index (χ1n) is 5.05. The van der Waals surface area contributed by atoms with Crippen LogP contribution in [0.3, 0.4) is 0 Å². The van der Waals surface area contributed by atoms with Crippen LogP contribution in [0.15, 0.2) is 0 Å². The molecule has 0 bridgehead atoms. The molecule has 0 spiro atoms. The average molecular weight is 172 g/mol. The van der Waals surface area contributed by atoms with Gasteiger partial charge in [-0.1, -0.05) is 20.8 Å². The molecule has 0 rings (SSSR count). The monoisotopic (exact) mass is 172 g/mol. The van der Waals surface area contributed by atoms with Crippen LogP contribution in [-0.4, -0.2) is 18.8 Å². The van der Waals surface area contributed by atoms with Gasteiger partial charge in [0.25, 0.3) is 0 Å². The fourth-order valence-electron chi connectivity index (χ4n) is 1.33. The number of rotatable bonds is 6. The van der Waals surface area contributed by atoms with Gasteiger partial charge < -0.3 is 5.32 Å². The highest BCUT2D eigenvalue weighted by molar-refractivity contribution is 4.67. The standard InChI is InChI=1S/C10H24N2/c1-6-11-10(7-8(2)3)12-9(4)5/h8-12H,6-7H2,1-5H3. The summed E-state index contributed by atoms with van der Waals surface area (Å²) in [6.07, 6.45) is 1.68. The summed E-state index contributed by atoms with van der Waals surface area (Å²) in [6, 6.07) is 0.563. The predicted octanol–water partition coefficient (Wildman–Crippen LogP) is 1.97. The van der Waals surface area contributed by atoms with E-state index in [-0.39, 0.29) is 0 Å². The van der Waals surface area contributed by atoms with Gasteiger partial charge in [0.15, 0.2) is 0 Å². The van der Waals surface area contributed by atoms with Gasteiger partial charge in [0.05, 0.1) is 6.17 Å². The molecule has 0 aliphatic rings. The Kier molecular flexibility index (Phi) is 6.39. The maximum absolute atomic E-state index is 3.50. The van der Waals surface area contributed by atoms with Crippen molar-refractivity contribution in [1.82, 2.24) is 10.6 Å². The van der Waals surface area contributed by atoms with E-state index < -0.39 is 0 Å². The highest BCUT2D eigenvalue weighted by Crippen LogP contribution is 2.02. The van der Waals surface area contributed by atoms with Crippen LogP contribution in [-0.2, 0) is 0 Å². The topological polar surface area (TPSA) is 24.1 Å². The van der Waals surface area contributed by atoms with Crippen LogP contribution in [0.2, 0.25) is 0 Å². The predicted molar refractivity (Wildman–Crippen MR) is 55.2 cm³/mol. The molecule has 0 saturated carbocycles. The zero-order valence-electron chi connectivity index (χ0n) is 9.15. The first-order valence-corrected chi connectivity index (χ1v) is 5.05. The van der Waals surface area contributed by atoms with Crippen LogP contribution < -0.4 is 10.6 Å². The van der Waals surface area contributed by atoms with E-state index in [4.69, 9.17) is 0 Å². The molecular formula is C10H24N2. The van der Waals surface area contributed by atoms with E-state index in [9.17, 15) is 0 Å². The molecule has 0 radical (unpaired) electrons. The quantitative estimate of drug-likeness (QED) is 0.599. The van der Waals surface area contributed by atoms with E-state index in [0.717, 1.165) is 12.5 Å². The summed E-state index contributed by atoms with van der Waals surface area (Å²) >= 11 is 0. The van der Waals surface area contributed by atoms with Gasteiger partial charge in [0.2, 0.25) is 0 Å². The van der Waals surface area contributed by atoms with Gasteiger partial charge in [-0.2, -0.15) is 0 Å². The molecule has 0 amide bonds. The summed E-state index contributed by atoms with van der Waals surface area (Å²) in [5.74, 6) is 0.750. The molecule has 0 saturated heterocycles. The molecule has 0 aromatic carbocycles. The van der Waals surface area contributed by atoms with E-state index in [0.29, 0.717) is 12.2 Å². The molecule has 0 aromatic heterocycles. The number of nitrogens with one attached hydrogen (secondary N) is 2. The average Bonchev–Trinajstić information content (AvgIpc) is 1.84. The smallest absolute Gasteiger partial charge is 0.0575 e. The minimum absolute atomic E-state index is 0.481. The van der Waals surface area contributed by atoms with Gasteiger partial charge in [-0.05, 0) is 32.7 Å². The van der Waals surface area contributed by atoms with Crippen LogP contribution >= 0.6 is 0 Å². The zero-order chi connectivity index (χ0) is 9.56. The Bertz CT molecular complexity index is 90.0. The lowest BCUT2D eigenvalue weighted by Gasteiger charge is -2.23. The van der Waals surface area contributed by atoms with E-state index in [1.165, 1.54) is 6.42 Å². The Balaban J connectivity index is 3.69. The largest absolute Gasteiger partial charge is 0.302 e. The third-order valence-corrected chi connectivity index (χ3v) is 1.69. The zero-order valence-corrected chi connectivity index (χ0v) is 9.15. The summed E-state index contributed by atoms with van der Waals surface area (Å²) in [7, 11) is 0.